The zero-order valence-electron chi connectivity index (χ0n) is 13.2. The predicted octanol–water partition coefficient (Wildman–Crippen LogP) is 4.14. The first-order valence-corrected chi connectivity index (χ1v) is 7.47. The van der Waals surface area contributed by atoms with Gasteiger partial charge in [-0.05, 0) is 13.8 Å². The van der Waals surface area contributed by atoms with E-state index in [0.29, 0.717) is 4.48 Å². The van der Waals surface area contributed by atoms with Gasteiger partial charge in [0.1, 0.15) is 6.04 Å². The fourth-order valence-electron chi connectivity index (χ4n) is 3.10. The molecule has 3 nitrogen and oxygen atoms in total. The van der Waals surface area contributed by atoms with Crippen molar-refractivity contribution >= 4 is 29.9 Å². The van der Waals surface area contributed by atoms with Gasteiger partial charge in [-0.2, -0.15) is 0 Å². The average molecular weight is 410 g/mol. The van der Waals surface area contributed by atoms with Gasteiger partial charge in [-0.15, -0.1) is 24.0 Å². The first-order valence-electron chi connectivity index (χ1n) is 7.47. The van der Waals surface area contributed by atoms with Gasteiger partial charge in [-0.1, -0.05) is 60.7 Å². The second-order valence-corrected chi connectivity index (χ2v) is 5.28. The zero-order valence-corrected chi connectivity index (χ0v) is 15.5. The summed E-state index contributed by atoms with van der Waals surface area (Å²) in [5.74, 6) is 0.220. The Bertz CT molecular complexity index is 540. The van der Waals surface area contributed by atoms with E-state index in [1.165, 1.54) is 11.1 Å². The summed E-state index contributed by atoms with van der Waals surface area (Å²) < 4.78 is 0.452. The minimum Gasteiger partial charge on any atom is -0.338 e. The minimum absolute atomic E-state index is 0. The van der Waals surface area contributed by atoms with Crippen LogP contribution in [-0.4, -0.2) is 23.5 Å². The van der Waals surface area contributed by atoms with E-state index in [9.17, 15) is 0 Å². The smallest absolute Gasteiger partial charge is 0.292 e. The molecule has 4 heteroatoms. The van der Waals surface area contributed by atoms with Crippen LogP contribution in [0, 0.1) is 5.41 Å². The van der Waals surface area contributed by atoms with Crippen LogP contribution in [-0.2, 0) is 0 Å². The molecule has 0 unspecified atom stereocenters. The molecule has 0 heterocycles. The summed E-state index contributed by atoms with van der Waals surface area (Å²) in [7, 11) is 0. The lowest BCUT2D eigenvalue weighted by molar-refractivity contribution is -0.866. The molecule has 0 amide bonds. The Balaban J connectivity index is 0.00000242. The molecule has 118 valence electrons. The van der Waals surface area contributed by atoms with Gasteiger partial charge in [0.2, 0.25) is 0 Å². The maximum absolute atomic E-state index is 8.18. The van der Waals surface area contributed by atoms with E-state index >= 15 is 0 Å². The van der Waals surface area contributed by atoms with Gasteiger partial charge >= 0.3 is 0 Å². The highest BCUT2D eigenvalue weighted by Gasteiger charge is 2.39. The second-order valence-electron chi connectivity index (χ2n) is 5.28. The fraction of sp³-hybridized carbons (Fsp3) is 0.278. The molecule has 0 bridgehead atoms. The fourth-order valence-corrected chi connectivity index (χ4v) is 3.10. The van der Waals surface area contributed by atoms with Crippen LogP contribution in [0.2, 0.25) is 0 Å². The van der Waals surface area contributed by atoms with Gasteiger partial charge in [0, 0.05) is 11.1 Å². The quantitative estimate of drug-likeness (QED) is 0.331. The van der Waals surface area contributed by atoms with Crippen molar-refractivity contribution in [2.45, 2.75) is 19.9 Å². The Labute approximate surface area is 150 Å². The predicted molar refractivity (Wildman–Crippen MR) is 103 cm³/mol. The summed E-state index contributed by atoms with van der Waals surface area (Å²) in [6.07, 6.45) is 0. The number of rotatable bonds is 5. The number of hydrogen-bond donors (Lipinski definition) is 2. The first kappa shape index (κ1) is 18.6. The van der Waals surface area contributed by atoms with Gasteiger partial charge in [-0.3, -0.25) is 4.48 Å². The molecule has 0 aliphatic heterocycles. The number of nitrogens with one attached hydrogen (secondary N) is 1. The largest absolute Gasteiger partial charge is 0.338 e. The summed E-state index contributed by atoms with van der Waals surface area (Å²) in [4.78, 5) is 0. The molecule has 3 N–H and O–H groups in total. The number of benzene rings is 2. The Morgan fingerprint density at radius 2 is 1.27 bits per heavy atom. The van der Waals surface area contributed by atoms with Gasteiger partial charge in [0.15, 0.2) is 0 Å². The summed E-state index contributed by atoms with van der Waals surface area (Å²) >= 11 is 0. The van der Waals surface area contributed by atoms with Crippen molar-refractivity contribution in [1.82, 2.24) is 0 Å². The molecule has 0 fully saturated rings. The lowest BCUT2D eigenvalue weighted by atomic mass is 9.94. The van der Waals surface area contributed by atoms with Crippen LogP contribution in [0.5, 0.6) is 0 Å². The number of nitrogens with two attached hydrogens (primary N) is 1. The first-order chi connectivity index (χ1) is 10.2. The van der Waals surface area contributed by atoms with E-state index in [0.717, 1.165) is 13.1 Å². The number of hydrogen-bond acceptors (Lipinski definition) is 1. The van der Waals surface area contributed by atoms with Gasteiger partial charge in [0.05, 0.1) is 13.1 Å². The molecule has 0 aliphatic carbocycles. The molecule has 0 aromatic heterocycles. The van der Waals surface area contributed by atoms with E-state index < -0.39 is 0 Å². The highest BCUT2D eigenvalue weighted by Crippen LogP contribution is 2.34. The van der Waals surface area contributed by atoms with E-state index in [1.807, 2.05) is 36.4 Å². The van der Waals surface area contributed by atoms with E-state index in [1.54, 1.807) is 0 Å². The summed E-state index contributed by atoms with van der Waals surface area (Å²) in [6.45, 7) is 5.79. The van der Waals surface area contributed by atoms with Gasteiger partial charge in [-0.25, -0.2) is 5.41 Å². The molecule has 0 saturated carbocycles. The Morgan fingerprint density at radius 3 is 1.55 bits per heavy atom. The maximum atomic E-state index is 8.18. The zero-order chi connectivity index (χ0) is 15.3. The van der Waals surface area contributed by atoms with Crippen LogP contribution in [0.25, 0.3) is 0 Å². The lowest BCUT2D eigenvalue weighted by Crippen LogP contribution is -2.58. The van der Waals surface area contributed by atoms with Crippen LogP contribution < -0.4 is 5.73 Å². The Kier molecular flexibility index (Phi) is 7.03. The van der Waals surface area contributed by atoms with Crippen molar-refractivity contribution in [2.75, 3.05) is 13.1 Å². The molecule has 2 aromatic rings. The topological polar surface area (TPSA) is 49.9 Å². The van der Waals surface area contributed by atoms with Crippen LogP contribution in [0.1, 0.15) is 31.0 Å². The summed E-state index contributed by atoms with van der Waals surface area (Å²) in [6, 6.07) is 20.8. The van der Waals surface area contributed by atoms with Crippen LogP contribution in [0.3, 0.4) is 0 Å². The molecule has 0 aliphatic rings. The van der Waals surface area contributed by atoms with Crippen LogP contribution in [0.4, 0.5) is 0 Å². The van der Waals surface area contributed by atoms with Gasteiger partial charge < -0.3 is 5.73 Å². The van der Waals surface area contributed by atoms with E-state index in [2.05, 4.69) is 38.1 Å². The van der Waals surface area contributed by atoms with Gasteiger partial charge in [0.25, 0.3) is 5.96 Å². The van der Waals surface area contributed by atoms with Crippen molar-refractivity contribution in [3.05, 3.63) is 71.8 Å². The number of halogens is 1. The molecule has 0 radical (unpaired) electrons. The average Bonchev–Trinajstić information content (AvgIpc) is 2.54. The third kappa shape index (κ3) is 3.50. The summed E-state index contributed by atoms with van der Waals surface area (Å²) in [5, 5.41) is 8.18. The molecule has 0 spiro atoms. The number of quaternary nitrogens is 1. The molecule has 2 aromatic carbocycles. The molecule has 0 saturated heterocycles. The number of guanidine groups is 1. The Morgan fingerprint density at radius 1 is 0.909 bits per heavy atom. The van der Waals surface area contributed by atoms with Crippen molar-refractivity contribution < 1.29 is 4.48 Å². The number of nitrogens with zero attached hydrogens (tertiary/aromatic N) is 1. The van der Waals surface area contributed by atoms with E-state index in [-0.39, 0.29) is 36.0 Å². The van der Waals surface area contributed by atoms with Crippen molar-refractivity contribution in [3.63, 3.8) is 0 Å². The van der Waals surface area contributed by atoms with Crippen molar-refractivity contribution in [2.24, 2.45) is 5.73 Å². The van der Waals surface area contributed by atoms with Crippen molar-refractivity contribution in [3.8, 4) is 0 Å². The van der Waals surface area contributed by atoms with Crippen LogP contribution >= 0.6 is 24.0 Å². The molecule has 22 heavy (non-hydrogen) atoms. The normalized spacial score (nSPS) is 11.0. The molecular weight excluding hydrogens is 385 g/mol. The third-order valence-electron chi connectivity index (χ3n) is 4.33. The van der Waals surface area contributed by atoms with Crippen molar-refractivity contribution in [1.29, 1.82) is 5.41 Å². The van der Waals surface area contributed by atoms with E-state index in [4.69, 9.17) is 11.1 Å². The molecule has 0 atom stereocenters. The van der Waals surface area contributed by atoms with Crippen LogP contribution in [0.15, 0.2) is 60.7 Å². The minimum atomic E-state index is 0. The SMILES string of the molecule is CC[N+](CC)(C(=N)N)C(c1ccccc1)c1ccccc1.I. The third-order valence-corrected chi connectivity index (χ3v) is 4.33. The Hall–Kier alpha value is -1.40. The molecular formula is C18H25IN3+. The second kappa shape index (κ2) is 8.29. The highest BCUT2D eigenvalue weighted by molar-refractivity contribution is 14.0. The lowest BCUT2D eigenvalue weighted by Gasteiger charge is -2.41. The maximum Gasteiger partial charge on any atom is 0.292 e. The highest BCUT2D eigenvalue weighted by atomic mass is 127. The summed E-state index contributed by atoms with van der Waals surface area (Å²) in [5.41, 5.74) is 8.42. The standard InChI is InChI=1S/C18H24N3.HI/c1-3-21(4-2,18(19)20)17(15-11-7-5-8-12-15)16-13-9-6-10-14-16;/h5-14,17H,3-4H2,1-2H3,(H3,19,20);1H/q+1;. The monoisotopic (exact) mass is 410 g/mol. The molecule has 2 rings (SSSR count).